The van der Waals surface area contributed by atoms with Crippen LogP contribution in [0.3, 0.4) is 0 Å². The van der Waals surface area contributed by atoms with Crippen LogP contribution in [0, 0.1) is 0 Å². The van der Waals surface area contributed by atoms with Crippen molar-refractivity contribution in [1.29, 1.82) is 0 Å². The number of carbonyl (C=O) groups excluding carboxylic acids is 1. The lowest BCUT2D eigenvalue weighted by Crippen LogP contribution is -2.20. The van der Waals surface area contributed by atoms with Gasteiger partial charge < -0.3 is 5.73 Å². The van der Waals surface area contributed by atoms with Crippen molar-refractivity contribution in [1.82, 2.24) is 0 Å². The summed E-state index contributed by atoms with van der Waals surface area (Å²) in [5.74, 6) is 0.437. The van der Waals surface area contributed by atoms with Crippen LogP contribution in [0.25, 0.3) is 11.1 Å². The SMILES string of the molecule is NC(=O)CS(=O)Cc1ccccc1-c1ccc(C2CCCCC2)cc1. The van der Waals surface area contributed by atoms with Gasteiger partial charge in [-0.15, -0.1) is 0 Å². The van der Waals surface area contributed by atoms with Crippen LogP contribution in [0.5, 0.6) is 0 Å². The first-order valence-electron chi connectivity index (χ1n) is 8.95. The molecular weight excluding hydrogens is 330 g/mol. The summed E-state index contributed by atoms with van der Waals surface area (Å²) in [6.45, 7) is 0. The van der Waals surface area contributed by atoms with Crippen molar-refractivity contribution in [2.24, 2.45) is 5.73 Å². The molecule has 4 heteroatoms. The number of hydrogen-bond acceptors (Lipinski definition) is 2. The monoisotopic (exact) mass is 355 g/mol. The highest BCUT2D eigenvalue weighted by molar-refractivity contribution is 7.84. The van der Waals surface area contributed by atoms with E-state index in [1.807, 2.05) is 24.3 Å². The van der Waals surface area contributed by atoms with Crippen molar-refractivity contribution < 1.29 is 9.00 Å². The largest absolute Gasteiger partial charge is 0.369 e. The Bertz CT molecular complexity index is 749. The molecule has 0 heterocycles. The molecule has 1 aliphatic rings. The van der Waals surface area contributed by atoms with Gasteiger partial charge in [0, 0.05) is 16.6 Å². The maximum atomic E-state index is 12.1. The number of nitrogens with two attached hydrogens (primary N) is 1. The van der Waals surface area contributed by atoms with Crippen LogP contribution in [-0.4, -0.2) is 15.9 Å². The molecule has 1 unspecified atom stereocenters. The maximum absolute atomic E-state index is 12.1. The van der Waals surface area contributed by atoms with E-state index in [2.05, 4.69) is 24.3 Å². The Morgan fingerprint density at radius 3 is 2.36 bits per heavy atom. The fourth-order valence-corrected chi connectivity index (χ4v) is 4.70. The van der Waals surface area contributed by atoms with Gasteiger partial charge in [-0.3, -0.25) is 9.00 Å². The third-order valence-corrected chi connectivity index (χ3v) is 6.17. The Hall–Kier alpha value is -1.94. The Balaban J connectivity index is 1.79. The fraction of sp³-hybridized carbons (Fsp3) is 0.381. The average molecular weight is 356 g/mol. The summed E-state index contributed by atoms with van der Waals surface area (Å²) in [4.78, 5) is 11.0. The lowest BCUT2D eigenvalue weighted by molar-refractivity contribution is -0.115. The summed E-state index contributed by atoms with van der Waals surface area (Å²) >= 11 is 0. The summed E-state index contributed by atoms with van der Waals surface area (Å²) < 4.78 is 12.1. The van der Waals surface area contributed by atoms with E-state index in [1.54, 1.807) is 0 Å². The van der Waals surface area contributed by atoms with E-state index < -0.39 is 16.7 Å². The Kier molecular flexibility index (Phi) is 6.03. The van der Waals surface area contributed by atoms with Crippen molar-refractivity contribution in [3.8, 4) is 11.1 Å². The molecule has 1 atom stereocenters. The van der Waals surface area contributed by atoms with Crippen molar-refractivity contribution in [2.75, 3.05) is 5.75 Å². The quantitative estimate of drug-likeness (QED) is 0.847. The zero-order valence-electron chi connectivity index (χ0n) is 14.4. The standard InChI is InChI=1S/C21H25NO2S/c22-21(23)15-25(24)14-19-8-4-5-9-20(19)18-12-10-17(11-13-18)16-6-2-1-3-7-16/h4-5,8-13,16H,1-3,6-7,14-15H2,(H2,22,23). The average Bonchev–Trinajstić information content (AvgIpc) is 2.62. The van der Waals surface area contributed by atoms with E-state index >= 15 is 0 Å². The van der Waals surface area contributed by atoms with Crippen LogP contribution in [0.2, 0.25) is 0 Å². The van der Waals surface area contributed by atoms with E-state index in [4.69, 9.17) is 5.73 Å². The molecule has 0 spiro atoms. The van der Waals surface area contributed by atoms with Crippen LogP contribution < -0.4 is 5.73 Å². The topological polar surface area (TPSA) is 60.2 Å². The first-order chi connectivity index (χ1) is 12.1. The zero-order valence-corrected chi connectivity index (χ0v) is 15.3. The third-order valence-electron chi connectivity index (χ3n) is 4.94. The van der Waals surface area contributed by atoms with Crippen molar-refractivity contribution in [3.05, 3.63) is 59.7 Å². The van der Waals surface area contributed by atoms with Gasteiger partial charge in [0.15, 0.2) is 0 Å². The van der Waals surface area contributed by atoms with Crippen LogP contribution in [0.15, 0.2) is 48.5 Å². The van der Waals surface area contributed by atoms with Gasteiger partial charge in [-0.1, -0.05) is 67.8 Å². The Labute approximate surface area is 152 Å². The summed E-state index contributed by atoms with van der Waals surface area (Å²) in [5, 5.41) is 0. The molecule has 0 radical (unpaired) electrons. The molecule has 0 saturated heterocycles. The minimum atomic E-state index is -1.27. The molecule has 3 nitrogen and oxygen atoms in total. The molecule has 1 saturated carbocycles. The van der Waals surface area contributed by atoms with Crippen LogP contribution >= 0.6 is 0 Å². The molecule has 2 aromatic rings. The van der Waals surface area contributed by atoms with E-state index in [-0.39, 0.29) is 5.75 Å². The maximum Gasteiger partial charge on any atom is 0.230 e. The zero-order chi connectivity index (χ0) is 17.6. The van der Waals surface area contributed by atoms with Crippen LogP contribution in [-0.2, 0) is 21.3 Å². The molecule has 0 bridgehead atoms. The molecule has 0 aromatic heterocycles. The minimum absolute atomic E-state index is 0.0883. The van der Waals surface area contributed by atoms with Gasteiger partial charge in [0.05, 0.1) is 0 Å². The van der Waals surface area contributed by atoms with Gasteiger partial charge in [0.2, 0.25) is 5.91 Å². The highest BCUT2D eigenvalue weighted by Gasteiger charge is 2.16. The summed E-state index contributed by atoms with van der Waals surface area (Å²) in [5.41, 5.74) is 9.78. The first kappa shape index (κ1) is 17.9. The highest BCUT2D eigenvalue weighted by atomic mass is 32.2. The number of primary amides is 1. The molecule has 3 rings (SSSR count). The molecule has 0 aliphatic heterocycles. The lowest BCUT2D eigenvalue weighted by atomic mass is 9.83. The van der Waals surface area contributed by atoms with Crippen LogP contribution in [0.1, 0.15) is 49.1 Å². The molecule has 1 amide bonds. The van der Waals surface area contributed by atoms with Crippen molar-refractivity contribution in [2.45, 2.75) is 43.8 Å². The fourth-order valence-electron chi connectivity index (χ4n) is 3.68. The van der Waals surface area contributed by atoms with Crippen molar-refractivity contribution >= 4 is 16.7 Å². The van der Waals surface area contributed by atoms with Gasteiger partial charge in [-0.25, -0.2) is 0 Å². The number of hydrogen-bond donors (Lipinski definition) is 1. The van der Waals surface area contributed by atoms with E-state index in [9.17, 15) is 9.00 Å². The van der Waals surface area contributed by atoms with Gasteiger partial charge in [-0.05, 0) is 41.0 Å². The Morgan fingerprint density at radius 1 is 1.00 bits per heavy atom. The van der Waals surface area contributed by atoms with E-state index in [0.29, 0.717) is 11.7 Å². The van der Waals surface area contributed by atoms with Crippen molar-refractivity contribution in [3.63, 3.8) is 0 Å². The molecule has 25 heavy (non-hydrogen) atoms. The second-order valence-corrected chi connectivity index (χ2v) is 8.27. The number of amides is 1. The molecule has 132 valence electrons. The summed E-state index contributed by atoms with van der Waals surface area (Å²) in [6, 6.07) is 16.8. The van der Waals surface area contributed by atoms with Gasteiger partial charge in [0.1, 0.15) is 5.75 Å². The third kappa shape index (κ3) is 4.79. The molecule has 1 aliphatic carbocycles. The summed E-state index contributed by atoms with van der Waals surface area (Å²) in [7, 11) is -1.27. The number of benzene rings is 2. The number of carbonyl (C=O) groups is 1. The number of rotatable bonds is 6. The van der Waals surface area contributed by atoms with Gasteiger partial charge >= 0.3 is 0 Å². The predicted molar refractivity (Wildman–Crippen MR) is 104 cm³/mol. The normalized spacial score (nSPS) is 16.5. The predicted octanol–water partition coefficient (Wildman–Crippen LogP) is 4.14. The Morgan fingerprint density at radius 2 is 1.68 bits per heavy atom. The molecule has 2 aromatic carbocycles. The molecular formula is C21H25NO2S. The van der Waals surface area contributed by atoms with E-state index in [1.165, 1.54) is 37.7 Å². The minimum Gasteiger partial charge on any atom is -0.369 e. The first-order valence-corrected chi connectivity index (χ1v) is 10.4. The smallest absolute Gasteiger partial charge is 0.230 e. The summed E-state index contributed by atoms with van der Waals surface area (Å²) in [6.07, 6.45) is 6.62. The molecule has 1 fully saturated rings. The van der Waals surface area contributed by atoms with Gasteiger partial charge in [0.25, 0.3) is 0 Å². The van der Waals surface area contributed by atoms with Crippen LogP contribution in [0.4, 0.5) is 0 Å². The van der Waals surface area contributed by atoms with Gasteiger partial charge in [-0.2, -0.15) is 0 Å². The second kappa shape index (κ2) is 8.43. The molecule has 2 N–H and O–H groups in total. The second-order valence-electron chi connectivity index (χ2n) is 6.81. The highest BCUT2D eigenvalue weighted by Crippen LogP contribution is 2.34. The lowest BCUT2D eigenvalue weighted by Gasteiger charge is -2.22. The van der Waals surface area contributed by atoms with E-state index in [0.717, 1.165) is 16.7 Å².